The summed E-state index contributed by atoms with van der Waals surface area (Å²) in [5, 5.41) is 14.0. The molecule has 0 saturated carbocycles. The van der Waals surface area contributed by atoms with Gasteiger partial charge in [0.15, 0.2) is 0 Å². The van der Waals surface area contributed by atoms with Crippen molar-refractivity contribution in [2.24, 2.45) is 5.11 Å². The first kappa shape index (κ1) is 13.0. The molecule has 0 aliphatic carbocycles. The standard InChI is InChI=1S/C11H11N5S/c12-8-17-10-4-5-11(13)9(7-10)3-1-2-6-15-16-14/h1,3-5,7H,2,6,13H2. The van der Waals surface area contributed by atoms with Crippen LogP contribution >= 0.6 is 11.8 Å². The molecule has 0 bridgehead atoms. The fraction of sp³-hybridized carbons (Fsp3) is 0.182. The molecular formula is C11H11N5S. The first-order valence-corrected chi connectivity index (χ1v) is 5.72. The van der Waals surface area contributed by atoms with Gasteiger partial charge in [-0.05, 0) is 47.5 Å². The van der Waals surface area contributed by atoms with Crippen LogP contribution in [0.1, 0.15) is 12.0 Å². The summed E-state index contributed by atoms with van der Waals surface area (Å²) in [6, 6.07) is 5.43. The monoisotopic (exact) mass is 245 g/mol. The van der Waals surface area contributed by atoms with E-state index in [0.29, 0.717) is 18.7 Å². The highest BCUT2D eigenvalue weighted by Gasteiger charge is 1.98. The molecular weight excluding hydrogens is 234 g/mol. The molecule has 17 heavy (non-hydrogen) atoms. The average molecular weight is 245 g/mol. The van der Waals surface area contributed by atoms with Crippen LogP contribution in [0.4, 0.5) is 5.69 Å². The van der Waals surface area contributed by atoms with E-state index in [1.54, 1.807) is 12.1 Å². The molecule has 6 heteroatoms. The Balaban J connectivity index is 2.72. The molecule has 0 aliphatic rings. The molecule has 1 rings (SSSR count). The molecule has 0 spiro atoms. The van der Waals surface area contributed by atoms with Crippen molar-refractivity contribution < 1.29 is 0 Å². The Morgan fingerprint density at radius 1 is 1.59 bits per heavy atom. The van der Waals surface area contributed by atoms with Crippen molar-refractivity contribution in [1.29, 1.82) is 5.26 Å². The fourth-order valence-corrected chi connectivity index (χ4v) is 1.63. The van der Waals surface area contributed by atoms with Gasteiger partial charge in [-0.3, -0.25) is 0 Å². The van der Waals surface area contributed by atoms with Gasteiger partial charge in [-0.1, -0.05) is 17.3 Å². The lowest BCUT2D eigenvalue weighted by molar-refractivity contribution is 0.995. The fourth-order valence-electron chi connectivity index (χ4n) is 1.20. The van der Waals surface area contributed by atoms with Crippen molar-refractivity contribution >= 4 is 23.5 Å². The van der Waals surface area contributed by atoms with Crippen LogP contribution in [0.25, 0.3) is 16.5 Å². The summed E-state index contributed by atoms with van der Waals surface area (Å²) < 4.78 is 0. The number of rotatable bonds is 5. The molecule has 86 valence electrons. The van der Waals surface area contributed by atoms with Gasteiger partial charge in [0.05, 0.1) is 0 Å². The lowest BCUT2D eigenvalue weighted by Gasteiger charge is -2.01. The number of benzene rings is 1. The maximum Gasteiger partial charge on any atom is 0.138 e. The van der Waals surface area contributed by atoms with E-state index in [9.17, 15) is 0 Å². The van der Waals surface area contributed by atoms with E-state index in [0.717, 1.165) is 22.2 Å². The number of nitrogens with two attached hydrogens (primary N) is 1. The minimum absolute atomic E-state index is 0.430. The average Bonchev–Trinajstić information content (AvgIpc) is 2.33. The zero-order chi connectivity index (χ0) is 12.5. The first-order valence-electron chi connectivity index (χ1n) is 4.91. The number of hydrogen-bond donors (Lipinski definition) is 1. The van der Waals surface area contributed by atoms with Gasteiger partial charge in [0.2, 0.25) is 0 Å². The Bertz CT molecular complexity index is 497. The van der Waals surface area contributed by atoms with Gasteiger partial charge in [0.25, 0.3) is 0 Å². The van der Waals surface area contributed by atoms with Crippen LogP contribution in [0.15, 0.2) is 34.3 Å². The normalized spacial score (nSPS) is 9.82. The molecule has 2 N–H and O–H groups in total. The van der Waals surface area contributed by atoms with Crippen molar-refractivity contribution in [3.63, 3.8) is 0 Å². The molecule has 0 amide bonds. The van der Waals surface area contributed by atoms with Crippen molar-refractivity contribution in [2.45, 2.75) is 11.3 Å². The molecule has 5 nitrogen and oxygen atoms in total. The number of nitriles is 1. The highest BCUT2D eigenvalue weighted by Crippen LogP contribution is 2.23. The van der Waals surface area contributed by atoms with Crippen LogP contribution < -0.4 is 5.73 Å². The maximum absolute atomic E-state index is 8.57. The van der Waals surface area contributed by atoms with Gasteiger partial charge < -0.3 is 5.73 Å². The molecule has 0 saturated heterocycles. The summed E-state index contributed by atoms with van der Waals surface area (Å²) in [5.41, 5.74) is 15.4. The van der Waals surface area contributed by atoms with Gasteiger partial charge in [-0.15, -0.1) is 0 Å². The molecule has 0 fully saturated rings. The summed E-state index contributed by atoms with van der Waals surface area (Å²) in [6.07, 6.45) is 4.42. The third kappa shape index (κ3) is 4.51. The minimum atomic E-state index is 0.430. The van der Waals surface area contributed by atoms with Crippen LogP contribution in [0.5, 0.6) is 0 Å². The zero-order valence-corrected chi connectivity index (χ0v) is 9.89. The van der Waals surface area contributed by atoms with Crippen LogP contribution in [0, 0.1) is 10.7 Å². The number of anilines is 1. The number of hydrogen-bond acceptors (Lipinski definition) is 4. The van der Waals surface area contributed by atoms with E-state index in [1.165, 1.54) is 0 Å². The third-order valence-electron chi connectivity index (χ3n) is 1.98. The van der Waals surface area contributed by atoms with Crippen LogP contribution in [-0.4, -0.2) is 6.54 Å². The Labute approximate surface area is 104 Å². The molecule has 0 aromatic heterocycles. The quantitative estimate of drug-likeness (QED) is 0.163. The Morgan fingerprint density at radius 2 is 2.41 bits per heavy atom. The van der Waals surface area contributed by atoms with Crippen LogP contribution in [-0.2, 0) is 0 Å². The summed E-state index contributed by atoms with van der Waals surface area (Å²) in [5.74, 6) is 0. The Morgan fingerprint density at radius 3 is 3.12 bits per heavy atom. The van der Waals surface area contributed by atoms with Gasteiger partial charge in [0.1, 0.15) is 5.40 Å². The number of azide groups is 1. The lowest BCUT2D eigenvalue weighted by Crippen LogP contribution is -1.89. The second-order valence-corrected chi connectivity index (χ2v) is 3.99. The summed E-state index contributed by atoms with van der Waals surface area (Å²) in [7, 11) is 0. The highest BCUT2D eigenvalue weighted by molar-refractivity contribution is 8.03. The Kier molecular flexibility index (Phi) is 5.52. The smallest absolute Gasteiger partial charge is 0.138 e. The Hall–Kier alpha value is -2.09. The van der Waals surface area contributed by atoms with E-state index in [-0.39, 0.29) is 0 Å². The van der Waals surface area contributed by atoms with E-state index in [1.807, 2.05) is 23.6 Å². The summed E-state index contributed by atoms with van der Waals surface area (Å²) in [4.78, 5) is 3.52. The highest BCUT2D eigenvalue weighted by atomic mass is 32.2. The van der Waals surface area contributed by atoms with Crippen LogP contribution in [0.3, 0.4) is 0 Å². The van der Waals surface area contributed by atoms with Gasteiger partial charge in [-0.2, -0.15) is 5.26 Å². The van der Waals surface area contributed by atoms with Gasteiger partial charge in [0, 0.05) is 22.0 Å². The minimum Gasteiger partial charge on any atom is -0.398 e. The van der Waals surface area contributed by atoms with E-state index < -0.39 is 0 Å². The van der Waals surface area contributed by atoms with Crippen molar-refractivity contribution in [3.05, 3.63) is 40.3 Å². The number of thioether (sulfide) groups is 1. The number of thiocyanates is 1. The van der Waals surface area contributed by atoms with Crippen LogP contribution in [0.2, 0.25) is 0 Å². The molecule has 1 aromatic carbocycles. The molecule has 0 radical (unpaired) electrons. The lowest BCUT2D eigenvalue weighted by atomic mass is 10.1. The van der Waals surface area contributed by atoms with Crippen molar-refractivity contribution in [3.8, 4) is 5.40 Å². The van der Waals surface area contributed by atoms with E-state index >= 15 is 0 Å². The molecule has 0 aliphatic heterocycles. The topological polar surface area (TPSA) is 98.6 Å². The molecule has 1 aromatic rings. The molecule has 0 unspecified atom stereocenters. The van der Waals surface area contributed by atoms with E-state index in [2.05, 4.69) is 10.0 Å². The van der Waals surface area contributed by atoms with Gasteiger partial charge >= 0.3 is 0 Å². The first-order chi connectivity index (χ1) is 8.27. The zero-order valence-electron chi connectivity index (χ0n) is 9.08. The maximum atomic E-state index is 8.57. The number of nitrogens with zero attached hydrogens (tertiary/aromatic N) is 4. The third-order valence-corrected chi connectivity index (χ3v) is 2.56. The van der Waals surface area contributed by atoms with Crippen molar-refractivity contribution in [1.82, 2.24) is 0 Å². The molecule has 0 atom stereocenters. The second kappa shape index (κ2) is 7.23. The summed E-state index contributed by atoms with van der Waals surface area (Å²) in [6.45, 7) is 0.430. The summed E-state index contributed by atoms with van der Waals surface area (Å²) >= 11 is 1.10. The molecule has 0 heterocycles. The predicted octanol–water partition coefficient (Wildman–Crippen LogP) is 3.56. The largest absolute Gasteiger partial charge is 0.398 e. The van der Waals surface area contributed by atoms with Gasteiger partial charge in [-0.25, -0.2) is 0 Å². The van der Waals surface area contributed by atoms with E-state index in [4.69, 9.17) is 16.5 Å². The second-order valence-electron chi connectivity index (χ2n) is 3.13. The number of nitrogen functional groups attached to an aromatic ring is 1. The SMILES string of the molecule is N#CSc1ccc(N)c(C=CCCN=[N+]=[N-])c1. The van der Waals surface area contributed by atoms with Crippen molar-refractivity contribution in [2.75, 3.05) is 12.3 Å². The predicted molar refractivity (Wildman–Crippen MR) is 70.0 cm³/mol.